The number of nitrogens with zero attached hydrogens (tertiary/aromatic N) is 2. The number of carbonyl (C=O) groups is 2. The molecule has 41 heavy (non-hydrogen) atoms. The van der Waals surface area contributed by atoms with Gasteiger partial charge in [-0.15, -0.1) is 0 Å². The molecule has 6 atom stereocenters. The normalized spacial score (nSPS) is 24.5. The lowest BCUT2D eigenvalue weighted by Crippen LogP contribution is -2.52. The van der Waals surface area contributed by atoms with E-state index in [0.717, 1.165) is 6.20 Å². The van der Waals surface area contributed by atoms with Crippen molar-refractivity contribution in [3.05, 3.63) is 16.7 Å². The highest BCUT2D eigenvalue weighted by atomic mass is 32.4. The molecule has 1 aromatic rings. The van der Waals surface area contributed by atoms with Crippen LogP contribution in [0.5, 0.6) is 5.75 Å². The van der Waals surface area contributed by atoms with Crippen molar-refractivity contribution in [3.8, 4) is 5.75 Å². The Morgan fingerprint density at radius 2 is 1.63 bits per heavy atom. The molecule has 0 saturated carbocycles. The maximum atomic E-state index is 13.7. The number of aliphatic hydroxyl groups is 3. The number of nitrogens with one attached hydrogen (secondary N) is 2. The Kier molecular flexibility index (Phi) is 11.7. The van der Waals surface area contributed by atoms with E-state index in [0.29, 0.717) is 4.57 Å². The number of carbonyl (C=O) groups excluding carboxylic acids is 2. The van der Waals surface area contributed by atoms with Crippen molar-refractivity contribution < 1.29 is 52.4 Å². The van der Waals surface area contributed by atoms with Crippen molar-refractivity contribution in [3.63, 3.8) is 0 Å². The maximum absolute atomic E-state index is 13.7. The van der Waals surface area contributed by atoms with Crippen molar-refractivity contribution in [1.29, 1.82) is 0 Å². The minimum Gasteiger partial charge on any atom is -0.462 e. The first-order valence-electron chi connectivity index (χ1n) is 12.4. The Morgan fingerprint density at radius 3 is 2.02 bits per heavy atom. The van der Waals surface area contributed by atoms with Crippen LogP contribution in [0.15, 0.2) is 11.0 Å². The predicted octanol–water partition coefficient (Wildman–Crippen LogP) is -0.465. The van der Waals surface area contributed by atoms with Gasteiger partial charge in [-0.05, 0) is 53.3 Å². The van der Waals surface area contributed by atoms with Crippen molar-refractivity contribution in [2.45, 2.75) is 96.3 Å². The molecule has 15 nitrogen and oxygen atoms in total. The van der Waals surface area contributed by atoms with E-state index in [9.17, 15) is 38.5 Å². The molecule has 1 saturated heterocycles. The standard InChI is InChI=1S/C22H36F2N5O10PS/c1-9(2)36-18(33)11(5)27-40(41,28-12(6)19(34)37-10(3)4)39-13-7-29(21(35)26-16(13)25)17-14(31)15(32)22(8-30,38-17)20(23)24/h7,9-12,14-15,17,20,30-32H,8H2,1-6H3,(H2,25,26,35)(H2,27,28,41)/t11-,12-,14+,15-,17+,22+/m0/s1. The first-order valence-corrected chi connectivity index (χ1v) is 15.2. The number of halogens is 2. The third-order valence-electron chi connectivity index (χ3n) is 5.66. The number of nitrogen functional groups attached to an aromatic ring is 1. The second-order valence-electron chi connectivity index (χ2n) is 9.85. The predicted molar refractivity (Wildman–Crippen MR) is 143 cm³/mol. The lowest BCUT2D eigenvalue weighted by Gasteiger charge is -2.30. The summed E-state index contributed by atoms with van der Waals surface area (Å²) in [5.41, 5.74) is 1.78. The zero-order valence-electron chi connectivity index (χ0n) is 23.2. The number of aromatic nitrogens is 2. The highest BCUT2D eigenvalue weighted by Crippen LogP contribution is 2.44. The minimum atomic E-state index is -3.73. The molecule has 234 valence electrons. The average Bonchev–Trinajstić information content (AvgIpc) is 3.10. The number of hydrogen-bond acceptors (Lipinski definition) is 13. The van der Waals surface area contributed by atoms with Gasteiger partial charge in [-0.3, -0.25) is 14.2 Å². The van der Waals surface area contributed by atoms with E-state index in [4.69, 9.17) is 36.3 Å². The van der Waals surface area contributed by atoms with Gasteiger partial charge >= 0.3 is 17.6 Å². The number of anilines is 1. The Bertz CT molecular complexity index is 1170. The number of rotatable bonds is 13. The Hall–Kier alpha value is -2.31. The van der Waals surface area contributed by atoms with Crippen LogP contribution in [0.3, 0.4) is 0 Å². The second kappa shape index (κ2) is 13.8. The quantitative estimate of drug-likeness (QED) is 0.120. The molecule has 0 aromatic carbocycles. The van der Waals surface area contributed by atoms with Crippen LogP contribution in [0.25, 0.3) is 0 Å². The highest BCUT2D eigenvalue weighted by Gasteiger charge is 2.60. The van der Waals surface area contributed by atoms with E-state index in [-0.39, 0.29) is 0 Å². The zero-order chi connectivity index (χ0) is 31.4. The van der Waals surface area contributed by atoms with Crippen molar-refractivity contribution >= 4 is 36.1 Å². The molecular formula is C22H36F2N5O10PS. The monoisotopic (exact) mass is 631 g/mol. The SMILES string of the molecule is CC(C)OC(=O)[C@H](C)NP(=S)(N[C@@H](C)C(=O)OC(C)C)Oc1cn([C@@H]2O[C@@](CO)(C(F)F)[C@@H](O)[C@H]2O)c(=O)nc1N. The van der Waals surface area contributed by atoms with E-state index >= 15 is 0 Å². The topological polar surface area (TPSA) is 217 Å². The smallest absolute Gasteiger partial charge is 0.351 e. The van der Waals surface area contributed by atoms with Crippen molar-refractivity contribution in [2.75, 3.05) is 12.3 Å². The summed E-state index contributed by atoms with van der Waals surface area (Å²) in [6, 6.07) is -2.18. The van der Waals surface area contributed by atoms with Gasteiger partial charge in [0.05, 0.1) is 25.0 Å². The van der Waals surface area contributed by atoms with E-state index < -0.39 is 97.1 Å². The number of nitrogens with two attached hydrogens (primary N) is 1. The van der Waals surface area contributed by atoms with E-state index in [1.54, 1.807) is 27.7 Å². The number of hydrogen-bond donors (Lipinski definition) is 6. The number of aliphatic hydroxyl groups excluding tert-OH is 3. The fraction of sp³-hybridized carbons (Fsp3) is 0.727. The molecule has 1 fully saturated rings. The van der Waals surface area contributed by atoms with E-state index in [1.165, 1.54) is 13.8 Å². The summed E-state index contributed by atoms with van der Waals surface area (Å²) in [6.07, 6.45) is -9.89. The van der Waals surface area contributed by atoms with Gasteiger partial charge in [0, 0.05) is 0 Å². The van der Waals surface area contributed by atoms with Crippen LogP contribution in [0.1, 0.15) is 47.8 Å². The second-order valence-corrected chi connectivity index (χ2v) is 13.2. The summed E-state index contributed by atoms with van der Waals surface area (Å²) in [5.74, 6) is -2.39. The molecule has 1 aromatic heterocycles. The summed E-state index contributed by atoms with van der Waals surface area (Å²) in [4.78, 5) is 41.1. The van der Waals surface area contributed by atoms with Crippen molar-refractivity contribution in [1.82, 2.24) is 19.7 Å². The first kappa shape index (κ1) is 34.9. The zero-order valence-corrected chi connectivity index (χ0v) is 24.9. The van der Waals surface area contributed by atoms with Crippen LogP contribution >= 0.6 is 6.57 Å². The molecule has 0 amide bonds. The molecule has 0 radical (unpaired) electrons. The summed E-state index contributed by atoms with van der Waals surface area (Å²) in [5, 5.41) is 35.7. The maximum Gasteiger partial charge on any atom is 0.351 e. The Morgan fingerprint density at radius 1 is 1.15 bits per heavy atom. The van der Waals surface area contributed by atoms with Crippen molar-refractivity contribution in [2.24, 2.45) is 0 Å². The van der Waals surface area contributed by atoms with Crippen LogP contribution in [-0.4, -0.2) is 91.9 Å². The molecule has 1 aliphatic rings. The van der Waals surface area contributed by atoms with Crippen LogP contribution in [0, 0.1) is 0 Å². The molecule has 0 bridgehead atoms. The number of ether oxygens (including phenoxy) is 3. The molecule has 0 spiro atoms. The molecule has 1 aliphatic heterocycles. The van der Waals surface area contributed by atoms with Gasteiger partial charge in [0.1, 0.15) is 24.3 Å². The molecular weight excluding hydrogens is 595 g/mol. The van der Waals surface area contributed by atoms with Gasteiger partial charge in [-0.2, -0.15) is 4.98 Å². The molecule has 2 heterocycles. The largest absolute Gasteiger partial charge is 0.462 e. The van der Waals surface area contributed by atoms with E-state index in [1.807, 2.05) is 0 Å². The number of alkyl halides is 2. The first-order chi connectivity index (χ1) is 18.9. The van der Waals surface area contributed by atoms with Crippen LogP contribution in [0.4, 0.5) is 14.6 Å². The molecule has 19 heteroatoms. The lowest BCUT2D eigenvalue weighted by atomic mass is 9.96. The highest BCUT2D eigenvalue weighted by molar-refractivity contribution is 8.10. The molecule has 7 N–H and O–H groups in total. The summed E-state index contributed by atoms with van der Waals surface area (Å²) < 4.78 is 49.2. The molecule has 0 unspecified atom stereocenters. The fourth-order valence-corrected chi connectivity index (χ4v) is 6.66. The number of esters is 2. The third-order valence-corrected chi connectivity index (χ3v) is 8.42. The van der Waals surface area contributed by atoms with Gasteiger partial charge < -0.3 is 39.8 Å². The lowest BCUT2D eigenvalue weighted by molar-refractivity contribution is -0.195. The Balaban J connectivity index is 2.51. The van der Waals surface area contributed by atoms with Gasteiger partial charge in [0.2, 0.25) is 6.57 Å². The Labute approximate surface area is 239 Å². The van der Waals surface area contributed by atoms with Crippen LogP contribution in [-0.2, 0) is 35.6 Å². The third kappa shape index (κ3) is 8.16. The van der Waals surface area contributed by atoms with E-state index in [2.05, 4.69) is 15.2 Å². The van der Waals surface area contributed by atoms with Gasteiger partial charge in [-0.25, -0.2) is 23.7 Å². The van der Waals surface area contributed by atoms with Gasteiger partial charge in [-0.1, -0.05) is 0 Å². The van der Waals surface area contributed by atoms with Gasteiger partial charge in [0.15, 0.2) is 23.4 Å². The van der Waals surface area contributed by atoms with Crippen LogP contribution < -0.4 is 26.1 Å². The molecule has 2 rings (SSSR count). The fourth-order valence-electron chi connectivity index (χ4n) is 3.64. The average molecular weight is 632 g/mol. The molecule has 0 aliphatic carbocycles. The summed E-state index contributed by atoms with van der Waals surface area (Å²) in [7, 11) is 0. The minimum absolute atomic E-state index is 0.439. The summed E-state index contributed by atoms with van der Waals surface area (Å²) in [6.45, 7) is 4.23. The van der Waals surface area contributed by atoms with Gasteiger partial charge in [0.25, 0.3) is 6.43 Å². The van der Waals surface area contributed by atoms with Crippen LogP contribution in [0.2, 0.25) is 0 Å². The summed E-state index contributed by atoms with van der Waals surface area (Å²) >= 11 is 5.63.